The van der Waals surface area contributed by atoms with E-state index in [9.17, 15) is 0 Å². The molecule has 0 saturated heterocycles. The second-order valence-electron chi connectivity index (χ2n) is 41.5. The topological polar surface area (TPSA) is 49.9 Å². The van der Waals surface area contributed by atoms with Gasteiger partial charge in [-0.1, -0.05) is 237 Å². The van der Waals surface area contributed by atoms with Crippen molar-refractivity contribution in [3.8, 4) is 89.8 Å². The quantitative estimate of drug-likeness (QED) is 0.107. The van der Waals surface area contributed by atoms with E-state index in [1.807, 2.05) is 0 Å². The minimum absolute atomic E-state index is 0.145. The van der Waals surface area contributed by atoms with Gasteiger partial charge in [-0.05, 0) is 330 Å². The van der Waals surface area contributed by atoms with E-state index in [1.54, 1.807) is 28.4 Å². The van der Waals surface area contributed by atoms with Crippen LogP contribution >= 0.6 is 0 Å². The summed E-state index contributed by atoms with van der Waals surface area (Å²) in [5.41, 5.74) is 29.4. The molecule has 4 heterocycles. The van der Waals surface area contributed by atoms with E-state index in [0.29, 0.717) is 0 Å². The highest BCUT2D eigenvalue weighted by Gasteiger charge is 2.62. The number of benzene rings is 15. The van der Waals surface area contributed by atoms with Gasteiger partial charge in [-0.2, -0.15) is 0 Å². The molecule has 17 aromatic carbocycles. The summed E-state index contributed by atoms with van der Waals surface area (Å²) in [5.74, 6) is 3.51. The van der Waals surface area contributed by atoms with Gasteiger partial charge < -0.3 is 38.5 Å². The average molecular weight is 1700 g/mol. The van der Waals surface area contributed by atoms with Gasteiger partial charge in [0.05, 0.1) is 50.6 Å². The van der Waals surface area contributed by atoms with Gasteiger partial charge in [-0.25, -0.2) is 0 Å². The van der Waals surface area contributed by atoms with Crippen LogP contribution in [0, 0.1) is 0 Å². The van der Waals surface area contributed by atoms with Crippen LogP contribution in [-0.2, 0) is 21.7 Å². The summed E-state index contributed by atoms with van der Waals surface area (Å²) in [4.78, 5) is 10.8. The molecule has 4 aliphatic carbocycles. The normalized spacial score (nSPS) is 24.8. The van der Waals surface area contributed by atoms with Crippen LogP contribution < -0.4 is 38.5 Å². The highest BCUT2D eigenvalue weighted by molar-refractivity contribution is 6.48. The molecule has 25 rings (SSSR count). The predicted octanol–water partition coefficient (Wildman–Crippen LogP) is 32.5. The lowest BCUT2D eigenvalue weighted by Gasteiger charge is -2.50. The number of fused-ring (bicyclic) bond motifs is 18. The molecule has 8 nitrogen and oxygen atoms in total. The molecule has 8 unspecified atom stereocenters. The summed E-state index contributed by atoms with van der Waals surface area (Å²) in [6.45, 7) is 20.6. The fourth-order valence-electron chi connectivity index (χ4n) is 28.6. The van der Waals surface area contributed by atoms with E-state index in [-0.39, 0.29) is 43.8 Å². The van der Waals surface area contributed by atoms with Gasteiger partial charge in [0.2, 0.25) is 0 Å². The largest absolute Gasteiger partial charge is 0.497 e. The molecule has 0 N–H and O–H groups in total. The van der Waals surface area contributed by atoms with E-state index >= 15 is 0 Å². The maximum absolute atomic E-state index is 6.01. The van der Waals surface area contributed by atoms with Crippen LogP contribution in [0.2, 0.25) is 0 Å². The smallest absolute Gasteiger partial charge is 0.120 e. The van der Waals surface area contributed by atoms with Crippen molar-refractivity contribution in [2.45, 2.75) is 202 Å². The molecule has 0 aromatic heterocycles. The predicted molar refractivity (Wildman–Crippen MR) is 544 cm³/mol. The van der Waals surface area contributed by atoms with Crippen LogP contribution in [-0.4, -0.2) is 50.6 Å². The van der Waals surface area contributed by atoms with Crippen molar-refractivity contribution in [3.63, 3.8) is 0 Å². The van der Waals surface area contributed by atoms with Gasteiger partial charge in [-0.15, -0.1) is 0 Å². The molecule has 17 aromatic rings. The van der Waals surface area contributed by atoms with Crippen molar-refractivity contribution in [3.05, 3.63) is 301 Å². The van der Waals surface area contributed by atoms with Crippen LogP contribution in [0.4, 0.5) is 45.5 Å². The van der Waals surface area contributed by atoms with Gasteiger partial charge in [0.1, 0.15) is 23.0 Å². The van der Waals surface area contributed by atoms with Gasteiger partial charge in [-0.3, -0.25) is 0 Å². The first-order valence-corrected chi connectivity index (χ1v) is 48.2. The molecule has 4 saturated carbocycles. The standard InChI is InChI=1S/C122H114N4O4/c1-115-59-19-23-63-119(115,5)123(81-35-27-39-85(71-81)127-9)101-55-43-77(67-97(101)115)89-47-51-93-109-94(52-48-90(107(89)109)78-44-56-102-98(68-78)116(2)60-20-24-64-120(116,6)124(102)82-36-28-40-86(72-82)128-10)112-106(76-33-17-14-18-34-76)114-96-54-50-92(80-46-58-104-100(70-80)118(4)62-22-26-66-122(118,8)126(104)84-38-30-42-88(74-84)130-12)108-91(49-53-95(110(96)108)113(114)105(111(93)112)75-31-15-13-16-32-75)79-45-57-103-99(69-79)117(3)61-21-25-65-121(117,7)125(103)83-37-29-41-87(73-83)129-11/h13-18,27-58,67-74H,19-26,59-66H2,1-12H3. The minimum Gasteiger partial charge on any atom is -0.497 e. The Morgan fingerprint density at radius 2 is 0.446 bits per heavy atom. The van der Waals surface area contributed by atoms with Crippen LogP contribution in [0.25, 0.3) is 131 Å². The number of hydrogen-bond donors (Lipinski definition) is 0. The van der Waals surface area contributed by atoms with E-state index in [0.717, 1.165) is 74.4 Å². The molecule has 8 aliphatic rings. The Balaban J connectivity index is 0.789. The molecule has 0 spiro atoms. The number of ether oxygens (including phenoxy) is 4. The van der Waals surface area contributed by atoms with Gasteiger partial charge in [0, 0.05) is 91.4 Å². The maximum Gasteiger partial charge on any atom is 0.120 e. The molecule has 646 valence electrons. The first-order chi connectivity index (χ1) is 63.2. The molecule has 0 bridgehead atoms. The second kappa shape index (κ2) is 28.4. The van der Waals surface area contributed by atoms with E-state index in [4.69, 9.17) is 18.9 Å². The second-order valence-corrected chi connectivity index (χ2v) is 41.5. The molecule has 130 heavy (non-hydrogen) atoms. The lowest BCUT2D eigenvalue weighted by Crippen LogP contribution is -2.54. The molecule has 0 radical (unpaired) electrons. The fraction of sp³-hybridized carbons (Fsp3) is 0.295. The zero-order valence-electron chi connectivity index (χ0n) is 77.3. The van der Waals surface area contributed by atoms with Gasteiger partial charge >= 0.3 is 0 Å². The molecule has 4 aliphatic heterocycles. The summed E-state index contributed by atoms with van der Waals surface area (Å²) < 4.78 is 24.0. The highest BCUT2D eigenvalue weighted by atomic mass is 16.5. The molecular weight excluding hydrogens is 1590 g/mol. The molecular formula is C122H114N4O4. The van der Waals surface area contributed by atoms with Crippen LogP contribution in [0.3, 0.4) is 0 Å². The van der Waals surface area contributed by atoms with E-state index in [1.165, 1.54) is 251 Å². The Labute approximate surface area is 765 Å². The number of hydrogen-bond acceptors (Lipinski definition) is 8. The SMILES string of the molecule is COc1cccc(N2c3ccc(-c4ccc5c6c(-c7ccccc7)c7c8ccc(-c9ccc%10c(c9)C9(C)CCCCC9(C)N%10c9cccc(OC)c9)c9c(-c%10ccc%11c(c%10)C%10(C)CCCCC%10(C)N%11c%10cccc(OC)c%10)ccc(c7c(-c7ccccc7)c6c6ccc(-c7ccc%10c(c7)C7(C)CCCCC7(C)N%10c7cccc(OC)c7)c4c56)c98)cc3C3(C)CCCCC23C)c1. The average Bonchev–Trinajstić information content (AvgIpc) is 1.52. The zero-order chi connectivity index (χ0) is 88.1. The first-order valence-electron chi connectivity index (χ1n) is 48.2. The molecule has 4 fully saturated rings. The summed E-state index contributed by atoms with van der Waals surface area (Å²) in [5, 5.41) is 15.5. The Bertz CT molecular complexity index is 6740. The minimum atomic E-state index is -0.175. The van der Waals surface area contributed by atoms with E-state index in [2.05, 4.69) is 354 Å². The highest BCUT2D eigenvalue weighted by Crippen LogP contribution is 2.69. The number of rotatable bonds is 14. The Morgan fingerprint density at radius 1 is 0.208 bits per heavy atom. The molecule has 0 amide bonds. The lowest BCUT2D eigenvalue weighted by atomic mass is 9.61. The molecule has 8 heteroatoms. The summed E-state index contributed by atoms with van der Waals surface area (Å²) in [7, 11) is 7.18. The van der Waals surface area contributed by atoms with Gasteiger partial charge in [0.25, 0.3) is 0 Å². The number of anilines is 8. The first kappa shape index (κ1) is 79.4. The van der Waals surface area contributed by atoms with E-state index < -0.39 is 0 Å². The zero-order valence-corrected chi connectivity index (χ0v) is 77.3. The van der Waals surface area contributed by atoms with Crippen molar-refractivity contribution in [1.82, 2.24) is 0 Å². The third-order valence-electron chi connectivity index (χ3n) is 35.9. The van der Waals surface area contributed by atoms with Crippen molar-refractivity contribution in [2.75, 3.05) is 48.0 Å². The third-order valence-corrected chi connectivity index (χ3v) is 35.9. The Morgan fingerprint density at radius 3 is 0.685 bits per heavy atom. The fourth-order valence-corrected chi connectivity index (χ4v) is 28.6. The van der Waals surface area contributed by atoms with Crippen molar-refractivity contribution in [1.29, 1.82) is 0 Å². The van der Waals surface area contributed by atoms with Crippen LogP contribution in [0.5, 0.6) is 23.0 Å². The van der Waals surface area contributed by atoms with Gasteiger partial charge in [0.15, 0.2) is 0 Å². The van der Waals surface area contributed by atoms with Crippen LogP contribution in [0.15, 0.2) is 279 Å². The number of methoxy groups -OCH3 is 4. The maximum atomic E-state index is 6.01. The lowest BCUT2D eigenvalue weighted by molar-refractivity contribution is 0.195. The Hall–Kier alpha value is -12.8. The molecule has 8 atom stereocenters. The van der Waals surface area contributed by atoms with Crippen molar-refractivity contribution in [2.24, 2.45) is 0 Å². The summed E-state index contributed by atoms with van der Waals surface area (Å²) in [6.07, 6.45) is 18.3. The summed E-state index contributed by atoms with van der Waals surface area (Å²) >= 11 is 0. The monoisotopic (exact) mass is 1700 g/mol. The van der Waals surface area contributed by atoms with Crippen LogP contribution in [0.1, 0.15) is 180 Å². The Kier molecular flexibility index (Phi) is 17.3. The van der Waals surface area contributed by atoms with Crippen molar-refractivity contribution >= 4 is 110 Å². The number of nitrogens with zero attached hydrogens (tertiary/aromatic N) is 4. The third kappa shape index (κ3) is 10.5. The summed E-state index contributed by atoms with van der Waals surface area (Å²) in [6, 6.07) is 109. The van der Waals surface area contributed by atoms with Crippen molar-refractivity contribution < 1.29 is 18.9 Å².